The molecule has 1 aromatic heterocycles. The summed E-state index contributed by atoms with van der Waals surface area (Å²) in [5, 5.41) is 9.13. The first-order valence-corrected chi connectivity index (χ1v) is 12.6. The van der Waals surface area contributed by atoms with Gasteiger partial charge in [0.05, 0.1) is 28.7 Å². The van der Waals surface area contributed by atoms with E-state index >= 15 is 0 Å². The number of anilines is 1. The van der Waals surface area contributed by atoms with Crippen LogP contribution in [0.3, 0.4) is 0 Å². The molecule has 186 valence electrons. The van der Waals surface area contributed by atoms with Gasteiger partial charge >= 0.3 is 12.3 Å². The second-order valence-corrected chi connectivity index (χ2v) is 10.4. The number of thiophene rings is 1. The fourth-order valence-electron chi connectivity index (χ4n) is 4.17. The Hall–Kier alpha value is -2.69. The molecule has 4 rings (SSSR count). The van der Waals surface area contributed by atoms with Crippen LogP contribution in [0.25, 0.3) is 10.4 Å². The third kappa shape index (κ3) is 6.71. The van der Waals surface area contributed by atoms with Crippen molar-refractivity contribution in [1.29, 1.82) is 0 Å². The maximum Gasteiger partial charge on any atom is 0.522 e. The summed E-state index contributed by atoms with van der Waals surface area (Å²) >= 11 is 3.03. The summed E-state index contributed by atoms with van der Waals surface area (Å²) in [6.45, 7) is 0. The molecule has 1 aliphatic rings. The average Bonchev–Trinajstić information content (AvgIpc) is 3.31. The summed E-state index contributed by atoms with van der Waals surface area (Å²) in [7, 11) is 1.49. The average molecular weight is 524 g/mol. The molecule has 1 saturated carbocycles. The Kier molecular flexibility index (Phi) is 7.93. The van der Waals surface area contributed by atoms with Crippen molar-refractivity contribution >= 4 is 34.9 Å². The zero-order chi connectivity index (χ0) is 25.0. The lowest BCUT2D eigenvalue weighted by atomic mass is 9.82. The number of halogens is 3. The van der Waals surface area contributed by atoms with Gasteiger partial charge in [0, 0.05) is 4.88 Å². The van der Waals surface area contributed by atoms with Crippen LogP contribution in [-0.2, 0) is 4.74 Å². The predicted molar refractivity (Wildman–Crippen MR) is 131 cm³/mol. The third-order valence-corrected chi connectivity index (χ3v) is 8.02. The van der Waals surface area contributed by atoms with Crippen molar-refractivity contribution in [3.05, 3.63) is 65.7 Å². The normalized spacial score (nSPS) is 18.3. The predicted octanol–water partition coefficient (Wildman–Crippen LogP) is 7.80. The smallest absolute Gasteiger partial charge is 0.495 e. The summed E-state index contributed by atoms with van der Waals surface area (Å²) in [6.07, 6.45) is -3.12. The molecule has 10 heteroatoms. The van der Waals surface area contributed by atoms with Crippen molar-refractivity contribution in [3.63, 3.8) is 0 Å². The van der Waals surface area contributed by atoms with E-state index in [1.165, 1.54) is 31.2 Å². The Morgan fingerprint density at radius 1 is 1.06 bits per heavy atom. The van der Waals surface area contributed by atoms with Crippen LogP contribution in [0, 0.1) is 0 Å². The molecule has 2 aromatic carbocycles. The highest BCUT2D eigenvalue weighted by molar-refractivity contribution is 8.02. The van der Waals surface area contributed by atoms with E-state index in [0.29, 0.717) is 37.1 Å². The number of nitrogens with one attached hydrogen (secondary N) is 1. The maximum atomic E-state index is 12.4. The van der Waals surface area contributed by atoms with Crippen LogP contribution in [0.2, 0.25) is 0 Å². The fourth-order valence-corrected chi connectivity index (χ4v) is 5.99. The summed E-state index contributed by atoms with van der Waals surface area (Å²) in [5.41, 5.74) is 3.05. The number of carbonyl (C=O) groups is 1. The second-order valence-electron chi connectivity index (χ2n) is 8.20. The molecular weight excluding hydrogens is 499 g/mol. The monoisotopic (exact) mass is 523 g/mol. The molecule has 0 unspecified atom stereocenters. The molecule has 0 radical (unpaired) electrons. The van der Waals surface area contributed by atoms with Gasteiger partial charge in [-0.2, -0.15) is 0 Å². The minimum Gasteiger partial charge on any atom is -0.495 e. The first-order valence-electron chi connectivity index (χ1n) is 11.0. The summed E-state index contributed by atoms with van der Waals surface area (Å²) < 4.78 is 51.0. The molecule has 2 N–H and O–H groups in total. The number of rotatable bonds is 8. The number of carboxylic acids is 1. The Bertz CT molecular complexity index is 1160. The van der Waals surface area contributed by atoms with Gasteiger partial charge in [-0.05, 0) is 85.0 Å². The van der Waals surface area contributed by atoms with Crippen LogP contribution in [0.4, 0.5) is 18.9 Å². The van der Waals surface area contributed by atoms with Crippen molar-refractivity contribution < 1.29 is 32.5 Å². The number of methoxy groups -OCH3 is 1. The lowest BCUT2D eigenvalue weighted by Crippen LogP contribution is -2.27. The molecule has 0 aliphatic heterocycles. The van der Waals surface area contributed by atoms with Gasteiger partial charge in [0.15, 0.2) is 0 Å². The Morgan fingerprint density at radius 2 is 1.77 bits per heavy atom. The third-order valence-electron chi connectivity index (χ3n) is 5.93. The van der Waals surface area contributed by atoms with Gasteiger partial charge < -0.3 is 14.6 Å². The zero-order valence-electron chi connectivity index (χ0n) is 18.8. The van der Waals surface area contributed by atoms with E-state index in [9.17, 15) is 18.0 Å². The van der Waals surface area contributed by atoms with E-state index in [-0.39, 0.29) is 11.5 Å². The van der Waals surface area contributed by atoms with Gasteiger partial charge in [0.2, 0.25) is 0 Å². The van der Waals surface area contributed by atoms with E-state index in [2.05, 4.69) is 33.7 Å². The Morgan fingerprint density at radius 3 is 2.40 bits per heavy atom. The number of ether oxygens (including phenoxy) is 2. The lowest BCUT2D eigenvalue weighted by Gasteiger charge is -2.29. The first kappa shape index (κ1) is 25.4. The summed E-state index contributed by atoms with van der Waals surface area (Å²) in [6, 6.07) is 16.9. The number of alkyl halides is 3. The van der Waals surface area contributed by atoms with E-state index in [1.807, 2.05) is 12.1 Å². The first-order chi connectivity index (χ1) is 16.7. The Balaban J connectivity index is 1.34. The van der Waals surface area contributed by atoms with Gasteiger partial charge in [-0.15, -0.1) is 24.5 Å². The molecule has 0 atom stereocenters. The van der Waals surface area contributed by atoms with Gasteiger partial charge in [-0.25, -0.2) is 4.79 Å². The SMILES string of the molecule is COc1cc(C(=O)O)ccc1NSc1ccc(-c2ccc(C3CCC(OC(F)(F)F)CC3)cc2)s1. The van der Waals surface area contributed by atoms with Crippen molar-refractivity contribution in [1.82, 2.24) is 0 Å². The van der Waals surface area contributed by atoms with Crippen molar-refractivity contribution in [2.45, 2.75) is 48.3 Å². The number of benzene rings is 2. The molecule has 5 nitrogen and oxygen atoms in total. The van der Waals surface area contributed by atoms with E-state index in [4.69, 9.17) is 9.84 Å². The number of hydrogen-bond donors (Lipinski definition) is 2. The molecule has 0 bridgehead atoms. The molecule has 3 aromatic rings. The van der Waals surface area contributed by atoms with Crippen LogP contribution < -0.4 is 9.46 Å². The van der Waals surface area contributed by atoms with Crippen molar-refractivity contribution in [3.8, 4) is 16.2 Å². The number of aromatic carboxylic acids is 1. The molecule has 1 fully saturated rings. The highest BCUT2D eigenvalue weighted by Gasteiger charge is 2.35. The van der Waals surface area contributed by atoms with Crippen LogP contribution in [0.5, 0.6) is 5.75 Å². The topological polar surface area (TPSA) is 67.8 Å². The summed E-state index contributed by atoms with van der Waals surface area (Å²) in [4.78, 5) is 12.2. The van der Waals surface area contributed by atoms with Gasteiger partial charge in [-0.1, -0.05) is 24.3 Å². The standard InChI is InChI=1S/C25H24F3NO4S2/c1-32-21-14-18(24(30)31)8-11-20(21)29-35-23-13-12-22(34-23)17-4-2-15(3-5-17)16-6-9-19(10-7-16)33-25(26,27)28/h2-5,8,11-14,16,19,29H,6-7,9-10H2,1H3,(H,30,31). The number of hydrogen-bond acceptors (Lipinski definition) is 6. The van der Waals surface area contributed by atoms with Crippen LogP contribution >= 0.6 is 23.3 Å². The van der Waals surface area contributed by atoms with Crippen LogP contribution in [0.1, 0.15) is 47.5 Å². The summed E-state index contributed by atoms with van der Waals surface area (Å²) in [5.74, 6) is -0.318. The molecule has 0 spiro atoms. The number of carboxylic acid groups (broad SMARTS) is 1. The fraction of sp³-hybridized carbons (Fsp3) is 0.320. The second kappa shape index (κ2) is 10.9. The van der Waals surface area contributed by atoms with Gasteiger partial charge in [-0.3, -0.25) is 4.74 Å². The Labute approximate surface area is 209 Å². The molecule has 1 aliphatic carbocycles. The van der Waals surface area contributed by atoms with Gasteiger partial charge in [0.25, 0.3) is 0 Å². The van der Waals surface area contributed by atoms with Crippen LogP contribution in [-0.4, -0.2) is 30.7 Å². The highest BCUT2D eigenvalue weighted by Crippen LogP contribution is 2.39. The maximum absolute atomic E-state index is 12.4. The largest absolute Gasteiger partial charge is 0.522 e. The lowest BCUT2D eigenvalue weighted by molar-refractivity contribution is -0.345. The minimum absolute atomic E-state index is 0.155. The molecule has 1 heterocycles. The van der Waals surface area contributed by atoms with Crippen molar-refractivity contribution in [2.24, 2.45) is 0 Å². The molecule has 35 heavy (non-hydrogen) atoms. The molecule has 0 amide bonds. The highest BCUT2D eigenvalue weighted by atomic mass is 32.2. The van der Waals surface area contributed by atoms with E-state index < -0.39 is 18.4 Å². The minimum atomic E-state index is -4.57. The van der Waals surface area contributed by atoms with E-state index in [1.54, 1.807) is 17.4 Å². The van der Waals surface area contributed by atoms with Crippen LogP contribution in [0.15, 0.2) is 58.8 Å². The molecular formula is C25H24F3NO4S2. The molecule has 0 saturated heterocycles. The van der Waals surface area contributed by atoms with Gasteiger partial charge in [0.1, 0.15) is 5.75 Å². The quantitative estimate of drug-likeness (QED) is 0.294. The van der Waals surface area contributed by atoms with E-state index in [0.717, 1.165) is 20.2 Å². The zero-order valence-corrected chi connectivity index (χ0v) is 20.4. The van der Waals surface area contributed by atoms with Crippen molar-refractivity contribution in [2.75, 3.05) is 11.8 Å².